The molecule has 5 heteroatoms. The van der Waals surface area contributed by atoms with Crippen molar-refractivity contribution in [1.29, 1.82) is 0 Å². The molecule has 2 rings (SSSR count). The molecule has 1 fully saturated rings. The lowest BCUT2D eigenvalue weighted by atomic mass is 10.2. The number of imide groups is 1. The van der Waals surface area contributed by atoms with Crippen molar-refractivity contribution in [3.63, 3.8) is 0 Å². The second-order valence-electron chi connectivity index (χ2n) is 3.41. The molecule has 1 aromatic carbocycles. The fourth-order valence-electron chi connectivity index (χ4n) is 1.36. The van der Waals surface area contributed by atoms with Crippen LogP contribution >= 0.6 is 11.8 Å². The number of thioether (sulfide) groups is 1. The van der Waals surface area contributed by atoms with Gasteiger partial charge in [-0.15, -0.1) is 6.42 Å². The molecule has 0 aliphatic carbocycles. The van der Waals surface area contributed by atoms with Crippen molar-refractivity contribution in [1.82, 2.24) is 5.32 Å². The third kappa shape index (κ3) is 2.93. The Hall–Kier alpha value is -2.19. The molecule has 0 aromatic heterocycles. The standard InChI is InChI=1S/C13H9NO3S/c1-2-7-17-10-5-3-9(4-6-10)8-11-12(15)14-13(16)18-11/h1,3-6,8H,7H2,(H,14,15,16)/b11-8+. The molecule has 1 aromatic rings. The first kappa shape index (κ1) is 12.3. The molecule has 0 spiro atoms. The molecule has 0 saturated carbocycles. The second kappa shape index (κ2) is 5.43. The molecule has 2 amide bonds. The van der Waals surface area contributed by atoms with Gasteiger partial charge < -0.3 is 4.74 Å². The number of terminal acetylenes is 1. The third-order valence-corrected chi connectivity index (χ3v) is 2.95. The molecule has 4 nitrogen and oxygen atoms in total. The van der Waals surface area contributed by atoms with Crippen LogP contribution in [0.15, 0.2) is 29.2 Å². The summed E-state index contributed by atoms with van der Waals surface area (Å²) >= 11 is 0.890. The summed E-state index contributed by atoms with van der Waals surface area (Å²) in [6, 6.07) is 7.08. The fourth-order valence-corrected chi connectivity index (χ4v) is 2.04. The van der Waals surface area contributed by atoms with Crippen molar-refractivity contribution < 1.29 is 14.3 Å². The zero-order chi connectivity index (χ0) is 13.0. The largest absolute Gasteiger partial charge is 0.481 e. The minimum Gasteiger partial charge on any atom is -0.481 e. The van der Waals surface area contributed by atoms with E-state index in [1.54, 1.807) is 30.3 Å². The van der Waals surface area contributed by atoms with Gasteiger partial charge in [0.05, 0.1) is 4.91 Å². The fraction of sp³-hybridized carbons (Fsp3) is 0.0769. The van der Waals surface area contributed by atoms with Gasteiger partial charge in [-0.05, 0) is 35.5 Å². The summed E-state index contributed by atoms with van der Waals surface area (Å²) in [7, 11) is 0. The summed E-state index contributed by atoms with van der Waals surface area (Å²) in [6.45, 7) is 0.215. The van der Waals surface area contributed by atoms with E-state index >= 15 is 0 Å². The number of amides is 2. The third-order valence-electron chi connectivity index (χ3n) is 2.14. The predicted molar refractivity (Wildman–Crippen MR) is 69.9 cm³/mol. The molecule has 18 heavy (non-hydrogen) atoms. The summed E-state index contributed by atoms with van der Waals surface area (Å²) in [5.41, 5.74) is 0.815. The Morgan fingerprint density at radius 3 is 2.61 bits per heavy atom. The van der Waals surface area contributed by atoms with E-state index in [1.807, 2.05) is 0 Å². The molecule has 1 heterocycles. The van der Waals surface area contributed by atoms with Crippen LogP contribution in [0, 0.1) is 12.3 Å². The smallest absolute Gasteiger partial charge is 0.290 e. The van der Waals surface area contributed by atoms with Gasteiger partial charge in [-0.1, -0.05) is 18.1 Å². The van der Waals surface area contributed by atoms with E-state index in [9.17, 15) is 9.59 Å². The van der Waals surface area contributed by atoms with Crippen LogP contribution in [0.25, 0.3) is 6.08 Å². The van der Waals surface area contributed by atoms with Crippen LogP contribution in [-0.4, -0.2) is 17.8 Å². The number of hydrogen-bond acceptors (Lipinski definition) is 4. The van der Waals surface area contributed by atoms with E-state index in [4.69, 9.17) is 11.2 Å². The van der Waals surface area contributed by atoms with Crippen LogP contribution < -0.4 is 10.1 Å². The number of carbonyl (C=O) groups is 2. The molecule has 1 aliphatic heterocycles. The summed E-state index contributed by atoms with van der Waals surface area (Å²) in [4.78, 5) is 22.7. The van der Waals surface area contributed by atoms with E-state index in [2.05, 4.69) is 11.2 Å². The van der Waals surface area contributed by atoms with Crippen molar-refractivity contribution in [2.24, 2.45) is 0 Å². The van der Waals surface area contributed by atoms with Crippen molar-refractivity contribution in [2.45, 2.75) is 0 Å². The minimum absolute atomic E-state index is 0.215. The Balaban J connectivity index is 2.11. The SMILES string of the molecule is C#CCOc1ccc(/C=C2/SC(=O)NC2=O)cc1. The van der Waals surface area contributed by atoms with Crippen molar-refractivity contribution in [3.8, 4) is 18.1 Å². The number of nitrogens with one attached hydrogen (secondary N) is 1. The molecule has 0 unspecified atom stereocenters. The number of rotatable bonds is 3. The highest BCUT2D eigenvalue weighted by Gasteiger charge is 2.24. The van der Waals surface area contributed by atoms with Crippen LogP contribution in [0.3, 0.4) is 0 Å². The van der Waals surface area contributed by atoms with Gasteiger partial charge in [0.2, 0.25) is 0 Å². The molecule has 1 aliphatic rings. The highest BCUT2D eigenvalue weighted by atomic mass is 32.2. The number of ether oxygens (including phenoxy) is 1. The molecular formula is C13H9NO3S. The Bertz CT molecular complexity index is 555. The maximum absolute atomic E-state index is 11.3. The monoisotopic (exact) mass is 259 g/mol. The Morgan fingerprint density at radius 2 is 2.06 bits per heavy atom. The maximum atomic E-state index is 11.3. The van der Waals surface area contributed by atoms with Gasteiger partial charge in [0.1, 0.15) is 12.4 Å². The molecule has 90 valence electrons. The first-order chi connectivity index (χ1) is 8.69. The lowest BCUT2D eigenvalue weighted by Crippen LogP contribution is -2.17. The first-order valence-electron chi connectivity index (χ1n) is 5.10. The van der Waals surface area contributed by atoms with Gasteiger partial charge in [-0.3, -0.25) is 14.9 Å². The number of hydrogen-bond donors (Lipinski definition) is 1. The Morgan fingerprint density at radius 1 is 1.33 bits per heavy atom. The molecule has 1 N–H and O–H groups in total. The minimum atomic E-state index is -0.363. The average Bonchev–Trinajstić information content (AvgIpc) is 2.67. The second-order valence-corrected chi connectivity index (χ2v) is 4.43. The van der Waals surface area contributed by atoms with Gasteiger partial charge in [-0.25, -0.2) is 0 Å². The number of benzene rings is 1. The lowest BCUT2D eigenvalue weighted by Gasteiger charge is -2.02. The summed E-state index contributed by atoms with van der Waals surface area (Å²) < 4.78 is 5.22. The average molecular weight is 259 g/mol. The summed E-state index contributed by atoms with van der Waals surface area (Å²) in [5.74, 6) is 2.67. The van der Waals surface area contributed by atoms with Gasteiger partial charge in [0.25, 0.3) is 11.1 Å². The summed E-state index contributed by atoms with van der Waals surface area (Å²) in [6.07, 6.45) is 6.73. The van der Waals surface area contributed by atoms with Crippen LogP contribution in [0.2, 0.25) is 0 Å². The van der Waals surface area contributed by atoms with Crippen LogP contribution in [0.5, 0.6) is 5.75 Å². The highest BCUT2D eigenvalue weighted by Crippen LogP contribution is 2.26. The van der Waals surface area contributed by atoms with Crippen molar-refractivity contribution >= 4 is 29.0 Å². The van der Waals surface area contributed by atoms with E-state index in [0.717, 1.165) is 17.3 Å². The van der Waals surface area contributed by atoms with E-state index in [-0.39, 0.29) is 17.8 Å². The Labute approximate surface area is 108 Å². The van der Waals surface area contributed by atoms with Gasteiger partial charge in [0.15, 0.2) is 0 Å². The van der Waals surface area contributed by atoms with Crippen molar-refractivity contribution in [2.75, 3.05) is 6.61 Å². The van der Waals surface area contributed by atoms with E-state index < -0.39 is 0 Å². The van der Waals surface area contributed by atoms with Crippen LogP contribution in [0.4, 0.5) is 4.79 Å². The van der Waals surface area contributed by atoms with E-state index in [0.29, 0.717) is 10.7 Å². The number of carbonyl (C=O) groups excluding carboxylic acids is 2. The zero-order valence-electron chi connectivity index (χ0n) is 9.30. The topological polar surface area (TPSA) is 55.4 Å². The molecule has 0 atom stereocenters. The quantitative estimate of drug-likeness (QED) is 0.666. The predicted octanol–water partition coefficient (Wildman–Crippen LogP) is 2.02. The highest BCUT2D eigenvalue weighted by molar-refractivity contribution is 8.18. The molecule has 1 saturated heterocycles. The van der Waals surface area contributed by atoms with Gasteiger partial charge in [0, 0.05) is 0 Å². The normalized spacial score (nSPS) is 16.5. The van der Waals surface area contributed by atoms with E-state index in [1.165, 1.54) is 0 Å². The first-order valence-corrected chi connectivity index (χ1v) is 5.92. The van der Waals surface area contributed by atoms with Crippen LogP contribution in [0.1, 0.15) is 5.56 Å². The molecule has 0 radical (unpaired) electrons. The van der Waals surface area contributed by atoms with Crippen molar-refractivity contribution in [3.05, 3.63) is 34.7 Å². The van der Waals surface area contributed by atoms with Crippen LogP contribution in [-0.2, 0) is 4.79 Å². The molecular weight excluding hydrogens is 250 g/mol. The summed E-state index contributed by atoms with van der Waals surface area (Å²) in [5, 5.41) is 1.85. The van der Waals surface area contributed by atoms with Gasteiger partial charge >= 0.3 is 0 Å². The lowest BCUT2D eigenvalue weighted by molar-refractivity contribution is -0.115. The van der Waals surface area contributed by atoms with Gasteiger partial charge in [-0.2, -0.15) is 0 Å². The maximum Gasteiger partial charge on any atom is 0.290 e. The molecule has 0 bridgehead atoms. The Kier molecular flexibility index (Phi) is 3.70. The zero-order valence-corrected chi connectivity index (χ0v) is 10.1.